The predicted molar refractivity (Wildman–Crippen MR) is 321 cm³/mol. The molecule has 0 aromatic heterocycles. The summed E-state index contributed by atoms with van der Waals surface area (Å²) in [7, 11) is 0. The van der Waals surface area contributed by atoms with Gasteiger partial charge in [-0.3, -0.25) is 14.4 Å². The van der Waals surface area contributed by atoms with E-state index >= 15 is 0 Å². The summed E-state index contributed by atoms with van der Waals surface area (Å²) in [5.41, 5.74) is 0. The van der Waals surface area contributed by atoms with Crippen LogP contribution in [0, 0.1) is 0 Å². The average molecular weight is 1030 g/mol. The molecule has 1 unspecified atom stereocenters. The van der Waals surface area contributed by atoms with Crippen LogP contribution in [0.5, 0.6) is 0 Å². The van der Waals surface area contributed by atoms with Gasteiger partial charge in [-0.25, -0.2) is 0 Å². The lowest BCUT2D eigenvalue weighted by atomic mass is 10.0. The third kappa shape index (κ3) is 59.7. The highest BCUT2D eigenvalue weighted by Gasteiger charge is 2.19. The smallest absolute Gasteiger partial charge is 0.306 e. The molecule has 0 heterocycles. The Hall–Kier alpha value is -3.15. The Bertz CT molecular complexity index is 1370. The number of hydrogen-bond donors (Lipinski definition) is 0. The average Bonchev–Trinajstić information content (AvgIpc) is 3.40. The van der Waals surface area contributed by atoms with Crippen molar-refractivity contribution in [3.8, 4) is 0 Å². The molecular formula is C68H120O6. The molecule has 6 nitrogen and oxygen atoms in total. The molecule has 0 spiro atoms. The Labute approximate surface area is 459 Å². The van der Waals surface area contributed by atoms with Crippen LogP contribution >= 0.6 is 0 Å². The zero-order chi connectivity index (χ0) is 53.6. The van der Waals surface area contributed by atoms with Gasteiger partial charge in [-0.15, -0.1) is 0 Å². The van der Waals surface area contributed by atoms with Crippen molar-refractivity contribution in [2.45, 2.75) is 329 Å². The van der Waals surface area contributed by atoms with Crippen LogP contribution in [0.25, 0.3) is 0 Å². The fourth-order valence-corrected chi connectivity index (χ4v) is 9.17. The predicted octanol–water partition coefficient (Wildman–Crippen LogP) is 21.7. The molecule has 0 radical (unpaired) electrons. The Balaban J connectivity index is 4.17. The molecular weight excluding hydrogens is 913 g/mol. The van der Waals surface area contributed by atoms with Crippen molar-refractivity contribution in [1.29, 1.82) is 0 Å². The first-order chi connectivity index (χ1) is 36.5. The lowest BCUT2D eigenvalue weighted by Gasteiger charge is -2.18. The quantitative estimate of drug-likeness (QED) is 0.0261. The third-order valence-electron chi connectivity index (χ3n) is 13.9. The molecule has 0 N–H and O–H groups in total. The van der Waals surface area contributed by atoms with Crippen LogP contribution in [0.4, 0.5) is 0 Å². The molecule has 0 aliphatic carbocycles. The number of rotatable bonds is 58. The van der Waals surface area contributed by atoms with E-state index in [-0.39, 0.29) is 31.1 Å². The summed E-state index contributed by atoms with van der Waals surface area (Å²) < 4.78 is 16.9. The Kier molecular flexibility index (Phi) is 59.7. The molecule has 0 amide bonds. The summed E-state index contributed by atoms with van der Waals surface area (Å²) in [6.07, 6.45) is 80.7. The normalized spacial score (nSPS) is 12.5. The van der Waals surface area contributed by atoms with Gasteiger partial charge in [0, 0.05) is 19.3 Å². The van der Waals surface area contributed by atoms with E-state index in [0.29, 0.717) is 19.3 Å². The van der Waals surface area contributed by atoms with Gasteiger partial charge in [-0.05, 0) is 89.9 Å². The SMILES string of the molecule is CC/C=C\C/C=C\C/C=C\C/C=C\CCCCCCCCCCCCC(=O)OC(COC(=O)CCCCCCCCCC)COC(=O)CCCCCCCCCCCCCCC/C=C\C/C=C\CCCCCCC. The van der Waals surface area contributed by atoms with Gasteiger partial charge < -0.3 is 14.2 Å². The Morgan fingerprint density at radius 2 is 0.527 bits per heavy atom. The third-order valence-corrected chi connectivity index (χ3v) is 13.9. The highest BCUT2D eigenvalue weighted by Crippen LogP contribution is 2.17. The van der Waals surface area contributed by atoms with Gasteiger partial charge in [0.1, 0.15) is 13.2 Å². The zero-order valence-corrected chi connectivity index (χ0v) is 49.1. The maximum Gasteiger partial charge on any atom is 0.306 e. The van der Waals surface area contributed by atoms with Crippen LogP contribution in [0.2, 0.25) is 0 Å². The number of esters is 3. The second-order valence-corrected chi connectivity index (χ2v) is 21.3. The fraction of sp³-hybridized carbons (Fsp3) is 0.779. The van der Waals surface area contributed by atoms with Crippen LogP contribution in [0.3, 0.4) is 0 Å². The molecule has 74 heavy (non-hydrogen) atoms. The maximum absolute atomic E-state index is 12.9. The van der Waals surface area contributed by atoms with E-state index in [1.165, 1.54) is 193 Å². The topological polar surface area (TPSA) is 78.9 Å². The monoisotopic (exact) mass is 1030 g/mol. The molecule has 0 bridgehead atoms. The highest BCUT2D eigenvalue weighted by atomic mass is 16.6. The van der Waals surface area contributed by atoms with Gasteiger partial charge >= 0.3 is 17.9 Å². The summed E-state index contributed by atoms with van der Waals surface area (Å²) >= 11 is 0. The first-order valence-corrected chi connectivity index (χ1v) is 31.9. The van der Waals surface area contributed by atoms with Gasteiger partial charge in [0.05, 0.1) is 0 Å². The van der Waals surface area contributed by atoms with Crippen LogP contribution < -0.4 is 0 Å². The van der Waals surface area contributed by atoms with Crippen molar-refractivity contribution < 1.29 is 28.6 Å². The number of allylic oxidation sites excluding steroid dienone is 12. The zero-order valence-electron chi connectivity index (χ0n) is 49.1. The van der Waals surface area contributed by atoms with Crippen molar-refractivity contribution in [3.05, 3.63) is 72.9 Å². The summed E-state index contributed by atoms with van der Waals surface area (Å²) in [4.78, 5) is 38.1. The lowest BCUT2D eigenvalue weighted by molar-refractivity contribution is -0.167. The van der Waals surface area contributed by atoms with E-state index in [1.54, 1.807) is 0 Å². The van der Waals surface area contributed by atoms with Crippen molar-refractivity contribution in [2.75, 3.05) is 13.2 Å². The summed E-state index contributed by atoms with van der Waals surface area (Å²) in [5.74, 6) is -0.870. The van der Waals surface area contributed by atoms with Crippen molar-refractivity contribution in [3.63, 3.8) is 0 Å². The maximum atomic E-state index is 12.9. The number of ether oxygens (including phenoxy) is 3. The van der Waals surface area contributed by atoms with E-state index in [0.717, 1.165) is 89.9 Å². The second-order valence-electron chi connectivity index (χ2n) is 21.3. The second kappa shape index (κ2) is 62.4. The van der Waals surface area contributed by atoms with Crippen molar-refractivity contribution in [2.24, 2.45) is 0 Å². The minimum atomic E-state index is -0.776. The Morgan fingerprint density at radius 3 is 0.824 bits per heavy atom. The molecule has 0 saturated carbocycles. The molecule has 0 aliphatic heterocycles. The number of unbranched alkanes of at least 4 members (excludes halogenated alkanes) is 35. The molecule has 1 atom stereocenters. The van der Waals surface area contributed by atoms with E-state index in [4.69, 9.17) is 14.2 Å². The number of carbonyl (C=O) groups is 3. The molecule has 0 aromatic carbocycles. The minimum Gasteiger partial charge on any atom is -0.462 e. The van der Waals surface area contributed by atoms with E-state index in [1.807, 2.05) is 0 Å². The first-order valence-electron chi connectivity index (χ1n) is 31.9. The standard InChI is InChI=1S/C68H120O6/c1-4-7-10-13-16-19-21-23-25-27-29-31-33-34-36-37-39-41-43-45-47-49-52-55-58-61-67(70)73-64-65(63-72-66(69)60-57-54-51-18-15-12-9-6-3)74-68(71)62-59-56-53-50-48-46-44-42-40-38-35-32-30-28-26-24-22-20-17-14-11-8-5-2/h8,11,17,20-21,23-24,26-27,29-30,32,65H,4-7,9-10,12-16,18-19,22,25,28,31,33-64H2,1-3H3/b11-8-,20-17-,23-21-,26-24-,29-27-,32-30-. The van der Waals surface area contributed by atoms with E-state index in [9.17, 15) is 14.4 Å². The van der Waals surface area contributed by atoms with Crippen molar-refractivity contribution >= 4 is 17.9 Å². The van der Waals surface area contributed by atoms with Crippen LogP contribution in [0.1, 0.15) is 323 Å². The molecule has 0 rings (SSSR count). The number of carbonyl (C=O) groups excluding carboxylic acids is 3. The molecule has 0 aromatic rings. The molecule has 428 valence electrons. The first kappa shape index (κ1) is 70.8. The van der Waals surface area contributed by atoms with Crippen LogP contribution in [-0.4, -0.2) is 37.2 Å². The van der Waals surface area contributed by atoms with Gasteiger partial charge in [-0.1, -0.05) is 286 Å². The van der Waals surface area contributed by atoms with Gasteiger partial charge in [0.25, 0.3) is 0 Å². The van der Waals surface area contributed by atoms with Gasteiger partial charge in [0.2, 0.25) is 0 Å². The minimum absolute atomic E-state index is 0.0745. The number of hydrogen-bond acceptors (Lipinski definition) is 6. The fourth-order valence-electron chi connectivity index (χ4n) is 9.17. The summed E-state index contributed by atoms with van der Waals surface area (Å²) in [5, 5.41) is 0. The molecule has 0 saturated heterocycles. The van der Waals surface area contributed by atoms with Crippen LogP contribution in [0.15, 0.2) is 72.9 Å². The molecule has 0 aliphatic rings. The van der Waals surface area contributed by atoms with Crippen molar-refractivity contribution in [1.82, 2.24) is 0 Å². The highest BCUT2D eigenvalue weighted by molar-refractivity contribution is 5.71. The molecule has 6 heteroatoms. The molecule has 0 fully saturated rings. The van der Waals surface area contributed by atoms with Gasteiger partial charge in [0.15, 0.2) is 6.10 Å². The summed E-state index contributed by atoms with van der Waals surface area (Å²) in [6.45, 7) is 6.52. The van der Waals surface area contributed by atoms with Crippen LogP contribution in [-0.2, 0) is 28.6 Å². The van der Waals surface area contributed by atoms with Gasteiger partial charge in [-0.2, -0.15) is 0 Å². The lowest BCUT2D eigenvalue weighted by Crippen LogP contribution is -2.30. The summed E-state index contributed by atoms with van der Waals surface area (Å²) in [6, 6.07) is 0. The van der Waals surface area contributed by atoms with E-state index < -0.39 is 6.10 Å². The van der Waals surface area contributed by atoms with E-state index in [2.05, 4.69) is 93.7 Å². The largest absolute Gasteiger partial charge is 0.462 e. The Morgan fingerprint density at radius 1 is 0.284 bits per heavy atom.